The number of ketones is 1. The highest BCUT2D eigenvalue weighted by Crippen LogP contribution is 2.35. The highest BCUT2D eigenvalue weighted by molar-refractivity contribution is 6.33. The predicted molar refractivity (Wildman–Crippen MR) is 68.9 cm³/mol. The normalized spacial score (nSPS) is 22.9. The average molecular weight is 267 g/mol. The summed E-state index contributed by atoms with van der Waals surface area (Å²) in [5, 5.41) is 9.52. The summed E-state index contributed by atoms with van der Waals surface area (Å²) in [6.07, 6.45) is 2.65. The fourth-order valence-electron chi connectivity index (χ4n) is 2.64. The van der Waals surface area contributed by atoms with Gasteiger partial charge in [-0.3, -0.25) is 9.59 Å². The van der Waals surface area contributed by atoms with E-state index in [-0.39, 0.29) is 24.0 Å². The lowest BCUT2D eigenvalue weighted by molar-refractivity contribution is -0.142. The zero-order chi connectivity index (χ0) is 13.1. The molecular weight excluding hydrogens is 252 g/mol. The fourth-order valence-corrected chi connectivity index (χ4v) is 2.88. The maximum absolute atomic E-state index is 12.1. The lowest BCUT2D eigenvalue weighted by Gasteiger charge is -2.15. The van der Waals surface area contributed by atoms with Gasteiger partial charge in [0.1, 0.15) is 0 Å². The first-order chi connectivity index (χ1) is 8.59. The van der Waals surface area contributed by atoms with Gasteiger partial charge in [0.05, 0.1) is 10.9 Å². The standard InChI is InChI=1S/C14H15ClO3/c15-12-7-2-1-5-11(12)13(16)8-9-4-3-6-10(9)14(17)18/h1-2,5,7,9-10H,3-4,6,8H2,(H,17,18)/t9-,10+/m0/s1. The Morgan fingerprint density at radius 1 is 1.28 bits per heavy atom. The largest absolute Gasteiger partial charge is 0.481 e. The minimum Gasteiger partial charge on any atom is -0.481 e. The minimum atomic E-state index is -0.788. The number of carboxylic acid groups (broad SMARTS) is 1. The van der Waals surface area contributed by atoms with E-state index in [1.807, 2.05) is 0 Å². The first kappa shape index (κ1) is 13.1. The molecule has 1 aromatic rings. The third-order valence-corrected chi connectivity index (χ3v) is 3.93. The zero-order valence-electron chi connectivity index (χ0n) is 9.93. The first-order valence-electron chi connectivity index (χ1n) is 6.10. The molecule has 1 aromatic carbocycles. The summed E-state index contributed by atoms with van der Waals surface area (Å²) in [4.78, 5) is 23.2. The van der Waals surface area contributed by atoms with E-state index in [4.69, 9.17) is 16.7 Å². The van der Waals surface area contributed by atoms with Crippen molar-refractivity contribution in [2.24, 2.45) is 11.8 Å². The molecule has 1 aliphatic rings. The fraction of sp³-hybridized carbons (Fsp3) is 0.429. The van der Waals surface area contributed by atoms with E-state index in [0.717, 1.165) is 12.8 Å². The molecule has 96 valence electrons. The van der Waals surface area contributed by atoms with Crippen molar-refractivity contribution < 1.29 is 14.7 Å². The van der Waals surface area contributed by atoms with Gasteiger partial charge >= 0.3 is 5.97 Å². The third-order valence-electron chi connectivity index (χ3n) is 3.60. The van der Waals surface area contributed by atoms with Gasteiger partial charge in [-0.15, -0.1) is 0 Å². The SMILES string of the molecule is O=C(C[C@@H]1CCC[C@H]1C(=O)O)c1ccccc1Cl. The highest BCUT2D eigenvalue weighted by Gasteiger charge is 2.34. The van der Waals surface area contributed by atoms with Gasteiger partial charge in [0.2, 0.25) is 0 Å². The zero-order valence-corrected chi connectivity index (χ0v) is 10.7. The van der Waals surface area contributed by atoms with Crippen molar-refractivity contribution in [3.8, 4) is 0 Å². The van der Waals surface area contributed by atoms with E-state index >= 15 is 0 Å². The van der Waals surface area contributed by atoms with Crippen LogP contribution in [0.1, 0.15) is 36.0 Å². The van der Waals surface area contributed by atoms with Crippen LogP contribution in [0.3, 0.4) is 0 Å². The Balaban J connectivity index is 2.08. The predicted octanol–water partition coefficient (Wildman–Crippen LogP) is 3.41. The summed E-state index contributed by atoms with van der Waals surface area (Å²) in [7, 11) is 0. The van der Waals surface area contributed by atoms with E-state index in [9.17, 15) is 9.59 Å². The second-order valence-electron chi connectivity index (χ2n) is 4.74. The van der Waals surface area contributed by atoms with Gasteiger partial charge in [0.15, 0.2) is 5.78 Å². The van der Waals surface area contributed by atoms with Gasteiger partial charge in [0, 0.05) is 12.0 Å². The number of hydrogen-bond donors (Lipinski definition) is 1. The molecule has 1 N–H and O–H groups in total. The van der Waals surface area contributed by atoms with Crippen LogP contribution in [0.4, 0.5) is 0 Å². The molecule has 1 saturated carbocycles. The van der Waals surface area contributed by atoms with Crippen molar-refractivity contribution in [3.05, 3.63) is 34.9 Å². The molecule has 2 rings (SSSR count). The summed E-state index contributed by atoms with van der Waals surface area (Å²) in [6, 6.07) is 6.91. The Bertz CT molecular complexity index is 470. The lowest BCUT2D eigenvalue weighted by Crippen LogP contribution is -2.21. The number of carbonyl (C=O) groups excluding carboxylic acids is 1. The van der Waals surface area contributed by atoms with Crippen LogP contribution in [0, 0.1) is 11.8 Å². The van der Waals surface area contributed by atoms with Gasteiger partial charge < -0.3 is 5.11 Å². The van der Waals surface area contributed by atoms with Crippen LogP contribution in [0.2, 0.25) is 5.02 Å². The molecule has 0 saturated heterocycles. The molecule has 0 aliphatic heterocycles. The summed E-state index contributed by atoms with van der Waals surface area (Å²) in [5.41, 5.74) is 0.496. The Hall–Kier alpha value is -1.35. The van der Waals surface area contributed by atoms with Gasteiger partial charge in [-0.05, 0) is 30.9 Å². The molecule has 18 heavy (non-hydrogen) atoms. The summed E-state index contributed by atoms with van der Waals surface area (Å²) < 4.78 is 0. The molecule has 0 radical (unpaired) electrons. The van der Waals surface area contributed by atoms with Crippen LogP contribution >= 0.6 is 11.6 Å². The molecule has 0 spiro atoms. The number of rotatable bonds is 4. The van der Waals surface area contributed by atoms with Crippen LogP contribution in [0.15, 0.2) is 24.3 Å². The number of Topliss-reactive ketones (excluding diaryl/α,β-unsaturated/α-hetero) is 1. The Kier molecular flexibility index (Phi) is 4.02. The van der Waals surface area contributed by atoms with E-state index in [1.165, 1.54) is 0 Å². The van der Waals surface area contributed by atoms with Crippen LogP contribution in [0.5, 0.6) is 0 Å². The molecule has 0 unspecified atom stereocenters. The summed E-state index contributed by atoms with van der Waals surface area (Å²) in [6.45, 7) is 0. The second kappa shape index (κ2) is 5.53. The van der Waals surface area contributed by atoms with Crippen LogP contribution in [-0.4, -0.2) is 16.9 Å². The number of carboxylic acids is 1. The molecule has 0 bridgehead atoms. The van der Waals surface area contributed by atoms with E-state index in [0.29, 0.717) is 17.0 Å². The van der Waals surface area contributed by atoms with E-state index in [1.54, 1.807) is 24.3 Å². The van der Waals surface area contributed by atoms with Crippen molar-refractivity contribution in [1.82, 2.24) is 0 Å². The molecule has 0 amide bonds. The van der Waals surface area contributed by atoms with Crippen molar-refractivity contribution in [2.45, 2.75) is 25.7 Å². The number of halogens is 1. The van der Waals surface area contributed by atoms with Crippen molar-refractivity contribution in [3.63, 3.8) is 0 Å². The van der Waals surface area contributed by atoms with E-state index < -0.39 is 5.97 Å². The minimum absolute atomic E-state index is 0.0497. The van der Waals surface area contributed by atoms with Crippen LogP contribution in [0.25, 0.3) is 0 Å². The molecule has 4 heteroatoms. The number of carbonyl (C=O) groups is 2. The summed E-state index contributed by atoms with van der Waals surface area (Å²) in [5.74, 6) is -1.27. The maximum atomic E-state index is 12.1. The molecular formula is C14H15ClO3. The molecule has 1 fully saturated rings. The Morgan fingerprint density at radius 2 is 2.00 bits per heavy atom. The smallest absolute Gasteiger partial charge is 0.306 e. The quantitative estimate of drug-likeness (QED) is 0.850. The number of aliphatic carboxylic acids is 1. The maximum Gasteiger partial charge on any atom is 0.306 e. The third kappa shape index (κ3) is 2.72. The van der Waals surface area contributed by atoms with Gasteiger partial charge in [-0.25, -0.2) is 0 Å². The molecule has 0 aromatic heterocycles. The van der Waals surface area contributed by atoms with Crippen LogP contribution < -0.4 is 0 Å². The number of hydrogen-bond acceptors (Lipinski definition) is 2. The average Bonchev–Trinajstić information content (AvgIpc) is 2.77. The monoisotopic (exact) mass is 266 g/mol. The molecule has 1 aliphatic carbocycles. The molecule has 2 atom stereocenters. The van der Waals surface area contributed by atoms with Crippen molar-refractivity contribution >= 4 is 23.4 Å². The van der Waals surface area contributed by atoms with Crippen molar-refractivity contribution in [1.29, 1.82) is 0 Å². The van der Waals surface area contributed by atoms with Gasteiger partial charge in [0.25, 0.3) is 0 Å². The Morgan fingerprint density at radius 3 is 2.67 bits per heavy atom. The second-order valence-corrected chi connectivity index (χ2v) is 5.15. The molecule has 0 heterocycles. The first-order valence-corrected chi connectivity index (χ1v) is 6.48. The van der Waals surface area contributed by atoms with E-state index in [2.05, 4.69) is 0 Å². The Labute approximate surface area is 111 Å². The lowest BCUT2D eigenvalue weighted by atomic mass is 9.89. The van der Waals surface area contributed by atoms with Gasteiger partial charge in [-0.2, -0.15) is 0 Å². The summed E-state index contributed by atoms with van der Waals surface area (Å²) >= 11 is 5.97. The topological polar surface area (TPSA) is 54.4 Å². The van der Waals surface area contributed by atoms with Crippen LogP contribution in [-0.2, 0) is 4.79 Å². The van der Waals surface area contributed by atoms with Crippen molar-refractivity contribution in [2.75, 3.05) is 0 Å². The number of benzene rings is 1. The van der Waals surface area contributed by atoms with Gasteiger partial charge in [-0.1, -0.05) is 30.2 Å². The highest BCUT2D eigenvalue weighted by atomic mass is 35.5. The molecule has 3 nitrogen and oxygen atoms in total.